The van der Waals surface area contributed by atoms with E-state index in [0.29, 0.717) is 18.2 Å². The second-order valence-corrected chi connectivity index (χ2v) is 6.97. The van der Waals surface area contributed by atoms with Crippen molar-refractivity contribution in [1.82, 2.24) is 0 Å². The molecule has 0 aliphatic rings. The summed E-state index contributed by atoms with van der Waals surface area (Å²) in [5.41, 5.74) is -2.13. The van der Waals surface area contributed by atoms with Gasteiger partial charge in [-0.05, 0) is 35.4 Å². The molecule has 1 unspecified atom stereocenters. The first kappa shape index (κ1) is 25.6. The zero-order chi connectivity index (χ0) is 24.5. The lowest BCUT2D eigenvalue weighted by Gasteiger charge is -2.20. The van der Waals surface area contributed by atoms with E-state index >= 15 is 0 Å². The summed E-state index contributed by atoms with van der Waals surface area (Å²) in [7, 11) is 0. The topological polar surface area (TPSA) is 46.5 Å². The summed E-state index contributed by atoms with van der Waals surface area (Å²) in [6.07, 6.45) is -16.3. The van der Waals surface area contributed by atoms with Gasteiger partial charge in [-0.2, -0.15) is 39.5 Å². The van der Waals surface area contributed by atoms with Gasteiger partial charge in [-0.1, -0.05) is 23.7 Å². The first-order chi connectivity index (χ1) is 14.5. The Hall–Kier alpha value is -2.63. The standard InChI is InChI=1S/C19H12ClF9O3/c20-13-5-10(12(16(30)31)7-17(21,22)23)6-14(32-8-18(24,25)26)15(13)9-1-3-11(4-2-9)19(27,28)29/h1-6,12H,7-8H2,(H,30,31). The van der Waals surface area contributed by atoms with Gasteiger partial charge in [0, 0.05) is 5.56 Å². The summed E-state index contributed by atoms with van der Waals surface area (Å²) in [6, 6.07) is 4.45. The molecule has 32 heavy (non-hydrogen) atoms. The van der Waals surface area contributed by atoms with Crippen LogP contribution in [0.5, 0.6) is 5.75 Å². The second-order valence-electron chi connectivity index (χ2n) is 6.56. The van der Waals surface area contributed by atoms with Crippen molar-refractivity contribution in [3.8, 4) is 16.9 Å². The fourth-order valence-corrected chi connectivity index (χ4v) is 3.09. The normalized spacial score (nSPS) is 13.7. The molecular formula is C19H12ClF9O3. The number of alkyl halides is 9. The molecule has 0 saturated carbocycles. The third kappa shape index (κ3) is 6.94. The van der Waals surface area contributed by atoms with Crippen molar-refractivity contribution in [3.63, 3.8) is 0 Å². The van der Waals surface area contributed by atoms with Crippen molar-refractivity contribution in [3.05, 3.63) is 52.5 Å². The molecule has 1 N–H and O–H groups in total. The lowest BCUT2D eigenvalue weighted by molar-refractivity contribution is -0.157. The molecule has 2 aromatic rings. The van der Waals surface area contributed by atoms with Gasteiger partial charge < -0.3 is 9.84 Å². The highest BCUT2D eigenvalue weighted by Crippen LogP contribution is 2.43. The molecule has 0 aliphatic heterocycles. The smallest absolute Gasteiger partial charge is 0.422 e. The minimum atomic E-state index is -4.92. The predicted octanol–water partition coefficient (Wildman–Crippen LogP) is 7.09. The average Bonchev–Trinajstić information content (AvgIpc) is 2.62. The van der Waals surface area contributed by atoms with Crippen LogP contribution in [0.3, 0.4) is 0 Å². The van der Waals surface area contributed by atoms with E-state index in [9.17, 15) is 44.3 Å². The molecule has 0 aromatic heterocycles. The number of carbonyl (C=O) groups is 1. The van der Waals surface area contributed by atoms with Crippen LogP contribution in [0.25, 0.3) is 11.1 Å². The molecule has 0 radical (unpaired) electrons. The van der Waals surface area contributed by atoms with Crippen molar-refractivity contribution in [1.29, 1.82) is 0 Å². The molecule has 3 nitrogen and oxygen atoms in total. The summed E-state index contributed by atoms with van der Waals surface area (Å²) in [6.45, 7) is -1.91. The number of aliphatic carboxylic acids is 1. The van der Waals surface area contributed by atoms with E-state index in [4.69, 9.17) is 16.7 Å². The van der Waals surface area contributed by atoms with Crippen LogP contribution >= 0.6 is 11.6 Å². The van der Waals surface area contributed by atoms with Crippen LogP contribution in [0.2, 0.25) is 5.02 Å². The van der Waals surface area contributed by atoms with Gasteiger partial charge in [-0.15, -0.1) is 0 Å². The number of benzene rings is 2. The number of carboxylic acid groups (broad SMARTS) is 1. The van der Waals surface area contributed by atoms with Gasteiger partial charge in [0.05, 0.1) is 22.9 Å². The largest absolute Gasteiger partial charge is 0.483 e. The molecule has 1 atom stereocenters. The van der Waals surface area contributed by atoms with E-state index in [1.807, 2.05) is 0 Å². The number of halogens is 10. The van der Waals surface area contributed by atoms with E-state index in [2.05, 4.69) is 4.74 Å². The van der Waals surface area contributed by atoms with E-state index in [1.165, 1.54) is 0 Å². The van der Waals surface area contributed by atoms with Crippen molar-refractivity contribution in [2.24, 2.45) is 0 Å². The summed E-state index contributed by atoms with van der Waals surface area (Å²) >= 11 is 6.01. The Morgan fingerprint density at radius 1 is 0.938 bits per heavy atom. The Kier molecular flexibility index (Phi) is 7.28. The molecule has 0 heterocycles. The first-order valence-electron chi connectivity index (χ1n) is 8.48. The van der Waals surface area contributed by atoms with E-state index in [-0.39, 0.29) is 11.1 Å². The highest BCUT2D eigenvalue weighted by Gasteiger charge is 2.37. The summed E-state index contributed by atoms with van der Waals surface area (Å²) < 4.78 is 119. The minimum Gasteiger partial charge on any atom is -0.483 e. The molecule has 2 aromatic carbocycles. The quantitative estimate of drug-likeness (QED) is 0.436. The SMILES string of the molecule is O=C(O)C(CC(F)(F)F)c1cc(Cl)c(-c2ccc(C(F)(F)F)cc2)c(OCC(F)(F)F)c1. The zero-order valence-corrected chi connectivity index (χ0v) is 16.3. The lowest BCUT2D eigenvalue weighted by atomic mass is 9.92. The van der Waals surface area contributed by atoms with Crippen molar-refractivity contribution < 1.29 is 54.2 Å². The zero-order valence-electron chi connectivity index (χ0n) is 15.5. The van der Waals surface area contributed by atoms with E-state index in [0.717, 1.165) is 18.2 Å². The maximum Gasteiger partial charge on any atom is 0.422 e. The summed E-state index contributed by atoms with van der Waals surface area (Å²) in [4.78, 5) is 11.3. The van der Waals surface area contributed by atoms with Gasteiger partial charge in [0.15, 0.2) is 6.61 Å². The Morgan fingerprint density at radius 2 is 1.50 bits per heavy atom. The van der Waals surface area contributed by atoms with Crippen LogP contribution < -0.4 is 4.74 Å². The monoisotopic (exact) mass is 494 g/mol. The van der Waals surface area contributed by atoms with Crippen LogP contribution in [0.4, 0.5) is 39.5 Å². The Bertz CT molecular complexity index is 964. The number of ether oxygens (including phenoxy) is 1. The highest BCUT2D eigenvalue weighted by molar-refractivity contribution is 6.33. The van der Waals surface area contributed by atoms with E-state index < -0.39 is 65.3 Å². The number of carboxylic acids is 1. The van der Waals surface area contributed by atoms with Crippen LogP contribution in [0.1, 0.15) is 23.5 Å². The van der Waals surface area contributed by atoms with Crippen molar-refractivity contribution in [2.75, 3.05) is 6.61 Å². The van der Waals surface area contributed by atoms with Gasteiger partial charge in [-0.25, -0.2) is 0 Å². The fourth-order valence-electron chi connectivity index (χ4n) is 2.76. The Balaban J connectivity index is 2.61. The van der Waals surface area contributed by atoms with Gasteiger partial charge in [-0.3, -0.25) is 4.79 Å². The molecule has 176 valence electrons. The number of hydrogen-bond acceptors (Lipinski definition) is 2. The van der Waals surface area contributed by atoms with Crippen LogP contribution in [0.15, 0.2) is 36.4 Å². The average molecular weight is 495 g/mol. The van der Waals surface area contributed by atoms with Gasteiger partial charge >= 0.3 is 24.5 Å². The molecule has 0 amide bonds. The van der Waals surface area contributed by atoms with Crippen LogP contribution in [-0.4, -0.2) is 30.0 Å². The predicted molar refractivity (Wildman–Crippen MR) is 94.5 cm³/mol. The second kappa shape index (κ2) is 9.08. The van der Waals surface area contributed by atoms with Crippen molar-refractivity contribution >= 4 is 17.6 Å². The van der Waals surface area contributed by atoms with Gasteiger partial charge in [0.25, 0.3) is 0 Å². The third-order valence-corrected chi connectivity index (χ3v) is 4.40. The molecule has 0 bridgehead atoms. The molecule has 13 heteroatoms. The Morgan fingerprint density at radius 3 is 1.94 bits per heavy atom. The van der Waals surface area contributed by atoms with Crippen molar-refractivity contribution in [2.45, 2.75) is 30.9 Å². The molecule has 2 rings (SSSR count). The molecule has 0 saturated heterocycles. The molecule has 0 fully saturated rings. The number of hydrogen-bond donors (Lipinski definition) is 1. The summed E-state index contributed by atoms with van der Waals surface area (Å²) in [5, 5.41) is 8.65. The minimum absolute atomic E-state index is 0.130. The Labute approximate surface area is 179 Å². The summed E-state index contributed by atoms with van der Waals surface area (Å²) in [5.74, 6) is -4.86. The lowest BCUT2D eigenvalue weighted by Crippen LogP contribution is -2.22. The third-order valence-electron chi connectivity index (χ3n) is 4.10. The van der Waals surface area contributed by atoms with Gasteiger partial charge in [0.2, 0.25) is 0 Å². The van der Waals surface area contributed by atoms with Crippen LogP contribution in [0, 0.1) is 0 Å². The van der Waals surface area contributed by atoms with Crippen LogP contribution in [-0.2, 0) is 11.0 Å². The maximum atomic E-state index is 12.8. The van der Waals surface area contributed by atoms with E-state index in [1.54, 1.807) is 0 Å². The number of rotatable bonds is 6. The fraction of sp³-hybridized carbons (Fsp3) is 0.316. The first-order valence-corrected chi connectivity index (χ1v) is 8.86. The molecule has 0 aliphatic carbocycles. The molecule has 0 spiro atoms. The molecular weight excluding hydrogens is 483 g/mol. The highest BCUT2D eigenvalue weighted by atomic mass is 35.5. The van der Waals surface area contributed by atoms with Gasteiger partial charge in [0.1, 0.15) is 5.75 Å². The maximum absolute atomic E-state index is 12.8.